The smallest absolute Gasteiger partial charge is 0.326 e. The molecule has 0 aliphatic carbocycles. The fourth-order valence-electron chi connectivity index (χ4n) is 4.70. The molecule has 4 rings (SSSR count). The normalized spacial score (nSPS) is 16.0. The number of nitrogens with zero attached hydrogens (tertiary/aromatic N) is 1. The van der Waals surface area contributed by atoms with Gasteiger partial charge in [-0.15, -0.1) is 0 Å². The number of fused-ring (bicyclic) bond motifs is 1. The second-order valence-corrected chi connectivity index (χ2v) is 9.85. The molecule has 1 aliphatic rings. The van der Waals surface area contributed by atoms with Crippen molar-refractivity contribution in [3.8, 4) is 0 Å². The van der Waals surface area contributed by atoms with E-state index in [2.05, 4.69) is 16.0 Å². The maximum Gasteiger partial charge on any atom is 0.326 e. The van der Waals surface area contributed by atoms with Crippen molar-refractivity contribution in [3.63, 3.8) is 0 Å². The van der Waals surface area contributed by atoms with Gasteiger partial charge in [0.1, 0.15) is 18.1 Å². The fraction of sp³-hybridized carbons (Fsp3) is 0.267. The highest BCUT2D eigenvalue weighted by molar-refractivity contribution is 6.12. The molecule has 0 saturated heterocycles. The van der Waals surface area contributed by atoms with Gasteiger partial charge in [-0.1, -0.05) is 86.6 Å². The van der Waals surface area contributed by atoms with E-state index in [4.69, 9.17) is 0 Å². The van der Waals surface area contributed by atoms with Crippen molar-refractivity contribution in [3.05, 3.63) is 96.1 Å². The number of carboxylic acid groups (broad SMARTS) is 1. The van der Waals surface area contributed by atoms with Crippen LogP contribution in [-0.4, -0.2) is 47.0 Å². The average Bonchev–Trinajstić information content (AvgIpc) is 2.92. The van der Waals surface area contributed by atoms with Gasteiger partial charge in [-0.25, -0.2) is 9.59 Å². The van der Waals surface area contributed by atoms with Crippen molar-refractivity contribution < 1.29 is 24.3 Å². The minimum absolute atomic E-state index is 0.0863. The Labute approximate surface area is 227 Å². The Morgan fingerprint density at radius 3 is 1.92 bits per heavy atom. The van der Waals surface area contributed by atoms with Crippen LogP contribution in [0.3, 0.4) is 0 Å². The van der Waals surface area contributed by atoms with Gasteiger partial charge in [-0.05, 0) is 29.2 Å². The number of carboxylic acids is 1. The van der Waals surface area contributed by atoms with Gasteiger partial charge in [-0.2, -0.15) is 0 Å². The summed E-state index contributed by atoms with van der Waals surface area (Å²) in [5.74, 6) is -2.35. The second kappa shape index (κ2) is 12.3. The molecule has 0 bridgehead atoms. The highest BCUT2D eigenvalue weighted by Crippen LogP contribution is 2.34. The van der Waals surface area contributed by atoms with Crippen molar-refractivity contribution in [2.45, 2.75) is 44.8 Å². The van der Waals surface area contributed by atoms with Crippen molar-refractivity contribution >= 4 is 35.2 Å². The molecular formula is C30H32N4O5. The number of rotatable bonds is 9. The van der Waals surface area contributed by atoms with Crippen LogP contribution in [0.4, 0.5) is 16.2 Å². The maximum atomic E-state index is 13.8. The Kier molecular flexibility index (Phi) is 8.60. The molecule has 0 aromatic heterocycles. The molecular weight excluding hydrogens is 496 g/mol. The van der Waals surface area contributed by atoms with Crippen LogP contribution in [0.2, 0.25) is 0 Å². The number of hydrogen-bond acceptors (Lipinski definition) is 4. The highest BCUT2D eigenvalue weighted by Gasteiger charge is 2.40. The van der Waals surface area contributed by atoms with Crippen LogP contribution in [0.1, 0.15) is 25.0 Å². The van der Waals surface area contributed by atoms with Gasteiger partial charge in [0, 0.05) is 12.8 Å². The molecule has 0 fully saturated rings. The number of hydrogen-bond donors (Lipinski definition) is 4. The lowest BCUT2D eigenvalue weighted by molar-refractivity contribution is -0.142. The number of amides is 4. The molecule has 0 spiro atoms. The quantitative estimate of drug-likeness (QED) is 0.337. The molecule has 4 amide bonds. The van der Waals surface area contributed by atoms with E-state index in [-0.39, 0.29) is 24.7 Å². The number of nitrogens with one attached hydrogen (secondary N) is 3. The summed E-state index contributed by atoms with van der Waals surface area (Å²) in [6.07, 6.45) is 0.215. The molecule has 3 aromatic carbocycles. The van der Waals surface area contributed by atoms with E-state index in [0.29, 0.717) is 11.4 Å². The van der Waals surface area contributed by atoms with Crippen LogP contribution in [0.25, 0.3) is 0 Å². The molecule has 0 radical (unpaired) electrons. The Morgan fingerprint density at radius 2 is 1.36 bits per heavy atom. The zero-order chi connectivity index (χ0) is 27.9. The highest BCUT2D eigenvalue weighted by atomic mass is 16.4. The lowest BCUT2D eigenvalue weighted by Gasteiger charge is -2.39. The topological polar surface area (TPSA) is 128 Å². The molecule has 39 heavy (non-hydrogen) atoms. The lowest BCUT2D eigenvalue weighted by Crippen LogP contribution is -2.60. The first kappa shape index (κ1) is 27.4. The lowest BCUT2D eigenvalue weighted by atomic mass is 9.97. The molecule has 202 valence electrons. The van der Waals surface area contributed by atoms with Gasteiger partial charge in [0.15, 0.2) is 0 Å². The molecule has 9 heteroatoms. The molecule has 0 unspecified atom stereocenters. The Hall–Kier alpha value is -4.66. The van der Waals surface area contributed by atoms with Crippen molar-refractivity contribution in [1.29, 1.82) is 0 Å². The van der Waals surface area contributed by atoms with E-state index in [1.807, 2.05) is 50.2 Å². The number of urea groups is 1. The summed E-state index contributed by atoms with van der Waals surface area (Å²) in [5.41, 5.74) is 2.54. The summed E-state index contributed by atoms with van der Waals surface area (Å²) < 4.78 is 0. The van der Waals surface area contributed by atoms with E-state index in [9.17, 15) is 24.3 Å². The summed E-state index contributed by atoms with van der Waals surface area (Å²) in [6.45, 7) is 3.68. The van der Waals surface area contributed by atoms with E-state index < -0.39 is 36.0 Å². The summed E-state index contributed by atoms with van der Waals surface area (Å²) in [4.78, 5) is 53.6. The molecule has 3 aromatic rings. The van der Waals surface area contributed by atoms with E-state index in [1.165, 1.54) is 4.90 Å². The Balaban J connectivity index is 1.61. The third-order valence-corrected chi connectivity index (χ3v) is 6.61. The van der Waals surface area contributed by atoms with Crippen LogP contribution >= 0.6 is 0 Å². The third-order valence-electron chi connectivity index (χ3n) is 6.61. The molecule has 1 heterocycles. The zero-order valence-electron chi connectivity index (χ0n) is 21.8. The standard InChI is InChI=1S/C30H32N4O5/c1-19(2)26-28(36)31-22-15-9-10-16-25(22)34(26)30(39)33-23(17-20-11-5-3-6-12-20)27(35)32-24(29(37)38)18-21-13-7-4-8-14-21/h3-16,19,23-24,26H,17-18H2,1-2H3,(H,31,36)(H,32,35)(H,33,39)(H,37,38)/t23-,24-,26-/m0/s1. The van der Waals surface area contributed by atoms with Crippen molar-refractivity contribution in [2.75, 3.05) is 10.2 Å². The first-order chi connectivity index (χ1) is 18.7. The number of carbonyl (C=O) groups excluding carboxylic acids is 3. The first-order valence-corrected chi connectivity index (χ1v) is 12.8. The SMILES string of the molecule is CC(C)[C@H]1C(=O)Nc2ccccc2N1C(=O)N[C@@H](Cc1ccccc1)C(=O)N[C@@H](Cc1ccccc1)C(=O)O. The molecule has 9 nitrogen and oxygen atoms in total. The van der Waals surface area contributed by atoms with Gasteiger partial charge < -0.3 is 21.1 Å². The molecule has 1 aliphatic heterocycles. The minimum Gasteiger partial charge on any atom is -0.480 e. The van der Waals surface area contributed by atoms with Crippen molar-refractivity contribution in [2.24, 2.45) is 5.92 Å². The van der Waals surface area contributed by atoms with Crippen LogP contribution in [-0.2, 0) is 27.2 Å². The predicted octanol–water partition coefficient (Wildman–Crippen LogP) is 3.60. The van der Waals surface area contributed by atoms with Gasteiger partial charge in [-0.3, -0.25) is 14.5 Å². The largest absolute Gasteiger partial charge is 0.480 e. The fourth-order valence-corrected chi connectivity index (χ4v) is 4.70. The van der Waals surface area contributed by atoms with Gasteiger partial charge in [0.05, 0.1) is 11.4 Å². The van der Waals surface area contributed by atoms with Gasteiger partial charge >= 0.3 is 12.0 Å². The number of benzene rings is 3. The third kappa shape index (κ3) is 6.62. The predicted molar refractivity (Wildman–Crippen MR) is 148 cm³/mol. The summed E-state index contributed by atoms with van der Waals surface area (Å²) in [7, 11) is 0. The van der Waals surface area contributed by atoms with E-state index in [0.717, 1.165) is 11.1 Å². The molecule has 4 N–H and O–H groups in total. The summed E-state index contributed by atoms with van der Waals surface area (Å²) >= 11 is 0. The van der Waals surface area contributed by atoms with Crippen LogP contribution < -0.4 is 20.9 Å². The summed E-state index contributed by atoms with van der Waals surface area (Å²) in [5, 5.41) is 18.1. The average molecular weight is 529 g/mol. The van der Waals surface area contributed by atoms with E-state index in [1.54, 1.807) is 48.5 Å². The second-order valence-electron chi connectivity index (χ2n) is 9.85. The Bertz CT molecular complexity index is 1330. The number of para-hydroxylation sites is 2. The minimum atomic E-state index is -1.19. The van der Waals surface area contributed by atoms with Crippen LogP contribution in [0.5, 0.6) is 0 Å². The first-order valence-electron chi connectivity index (χ1n) is 12.8. The molecule has 0 saturated carbocycles. The van der Waals surface area contributed by atoms with Gasteiger partial charge in [0.25, 0.3) is 0 Å². The van der Waals surface area contributed by atoms with Crippen LogP contribution in [0.15, 0.2) is 84.9 Å². The zero-order valence-corrected chi connectivity index (χ0v) is 21.8. The monoisotopic (exact) mass is 528 g/mol. The van der Waals surface area contributed by atoms with Gasteiger partial charge in [0.2, 0.25) is 11.8 Å². The van der Waals surface area contributed by atoms with E-state index >= 15 is 0 Å². The molecule has 3 atom stereocenters. The summed E-state index contributed by atoms with van der Waals surface area (Å²) in [6, 6.07) is 21.4. The number of carbonyl (C=O) groups is 4. The Morgan fingerprint density at radius 1 is 0.821 bits per heavy atom. The maximum absolute atomic E-state index is 13.8. The number of anilines is 2. The van der Waals surface area contributed by atoms with Crippen molar-refractivity contribution in [1.82, 2.24) is 10.6 Å². The van der Waals surface area contributed by atoms with Crippen LogP contribution in [0, 0.1) is 5.92 Å². The number of aliphatic carboxylic acids is 1.